The smallest absolute Gasteiger partial charge is 0.264 e. The fraction of sp³-hybridized carbons (Fsp3) is 1.00. The summed E-state index contributed by atoms with van der Waals surface area (Å²) in [6.07, 6.45) is 3.61. The van der Waals surface area contributed by atoms with Crippen LogP contribution in [-0.4, -0.2) is 42.6 Å². The van der Waals surface area contributed by atoms with Crippen LogP contribution in [0.3, 0.4) is 0 Å². The molecule has 2 unspecified atom stereocenters. The predicted octanol–water partition coefficient (Wildman–Crippen LogP) is 1.38. The minimum atomic E-state index is -3.48. The summed E-state index contributed by atoms with van der Waals surface area (Å²) in [5.41, 5.74) is -0.607. The molecular weight excluding hydrogens is 304 g/mol. The van der Waals surface area contributed by atoms with E-state index in [0.717, 1.165) is 25.4 Å². The lowest BCUT2D eigenvalue weighted by Crippen LogP contribution is -2.39. The van der Waals surface area contributed by atoms with Gasteiger partial charge < -0.3 is 0 Å². The molecule has 6 nitrogen and oxygen atoms in total. The first-order valence-corrected chi connectivity index (χ1v) is 10.1. The average Bonchev–Trinajstić information content (AvgIpc) is 2.44. The Morgan fingerprint density at radius 3 is 1.95 bits per heavy atom. The van der Waals surface area contributed by atoms with Crippen LogP contribution in [0, 0.1) is 16.7 Å². The maximum absolute atomic E-state index is 11.2. The summed E-state index contributed by atoms with van der Waals surface area (Å²) in [7, 11) is -6.94. The molecule has 0 aromatic heterocycles. The van der Waals surface area contributed by atoms with Crippen molar-refractivity contribution in [1.29, 1.82) is 0 Å². The highest BCUT2D eigenvalue weighted by Crippen LogP contribution is 2.56. The van der Waals surface area contributed by atoms with Gasteiger partial charge in [0, 0.05) is 0 Å². The van der Waals surface area contributed by atoms with Crippen molar-refractivity contribution < 1.29 is 25.2 Å². The number of rotatable bonds is 6. The molecule has 8 heteroatoms. The van der Waals surface area contributed by atoms with E-state index in [2.05, 4.69) is 0 Å². The first-order valence-electron chi connectivity index (χ1n) is 6.46. The van der Waals surface area contributed by atoms with E-state index < -0.39 is 20.2 Å². The summed E-state index contributed by atoms with van der Waals surface area (Å²) in [5.74, 6) is 0.0467. The zero-order valence-corrected chi connectivity index (χ0v) is 14.3. The van der Waals surface area contributed by atoms with E-state index in [9.17, 15) is 16.8 Å². The number of hydrogen-bond donors (Lipinski definition) is 0. The van der Waals surface area contributed by atoms with Crippen LogP contribution in [0.5, 0.6) is 0 Å². The van der Waals surface area contributed by atoms with E-state index in [1.54, 1.807) is 0 Å². The Bertz CT molecular complexity index is 548. The van der Waals surface area contributed by atoms with E-state index in [1.807, 2.05) is 20.8 Å². The third-order valence-electron chi connectivity index (χ3n) is 4.70. The van der Waals surface area contributed by atoms with E-state index in [-0.39, 0.29) is 30.0 Å². The third kappa shape index (κ3) is 4.41. The van der Waals surface area contributed by atoms with Crippen molar-refractivity contribution in [3.05, 3.63) is 0 Å². The SMILES string of the molecule is CC1(COS(C)(=O)=O)CCC(COS(C)(=O)=O)C1(C)C. The maximum atomic E-state index is 11.2. The summed E-state index contributed by atoms with van der Waals surface area (Å²) in [5, 5.41) is 0. The van der Waals surface area contributed by atoms with Crippen molar-refractivity contribution in [1.82, 2.24) is 0 Å². The van der Waals surface area contributed by atoms with Gasteiger partial charge in [-0.2, -0.15) is 16.8 Å². The Labute approximate surface area is 122 Å². The highest BCUT2D eigenvalue weighted by molar-refractivity contribution is 7.86. The van der Waals surface area contributed by atoms with Crippen LogP contribution in [0.1, 0.15) is 33.6 Å². The molecular formula is C12H24O6S2. The molecule has 0 amide bonds. The van der Waals surface area contributed by atoms with Gasteiger partial charge in [-0.1, -0.05) is 20.8 Å². The highest BCUT2D eigenvalue weighted by atomic mass is 32.2. The van der Waals surface area contributed by atoms with E-state index >= 15 is 0 Å². The average molecular weight is 328 g/mol. The van der Waals surface area contributed by atoms with Gasteiger partial charge in [0.1, 0.15) is 0 Å². The molecule has 0 aromatic carbocycles. The molecule has 0 aromatic rings. The lowest BCUT2D eigenvalue weighted by molar-refractivity contribution is 0.0257. The van der Waals surface area contributed by atoms with Crippen molar-refractivity contribution in [2.24, 2.45) is 16.7 Å². The quantitative estimate of drug-likeness (QED) is 0.685. The van der Waals surface area contributed by atoms with Gasteiger partial charge >= 0.3 is 0 Å². The Morgan fingerprint density at radius 2 is 1.50 bits per heavy atom. The van der Waals surface area contributed by atoms with E-state index in [4.69, 9.17) is 8.37 Å². The Kier molecular flexibility index (Phi) is 4.96. The maximum Gasteiger partial charge on any atom is 0.264 e. The Hall–Kier alpha value is -0.180. The highest BCUT2D eigenvalue weighted by Gasteiger charge is 2.52. The minimum Gasteiger partial charge on any atom is -0.270 e. The molecule has 0 radical (unpaired) electrons. The first kappa shape index (κ1) is 17.9. The first-order chi connectivity index (χ1) is 8.77. The van der Waals surface area contributed by atoms with E-state index in [1.165, 1.54) is 0 Å². The second-order valence-corrected chi connectivity index (χ2v) is 9.76. The largest absolute Gasteiger partial charge is 0.270 e. The van der Waals surface area contributed by atoms with Crippen molar-refractivity contribution in [3.63, 3.8) is 0 Å². The lowest BCUT2D eigenvalue weighted by atomic mass is 9.66. The van der Waals surface area contributed by atoms with Gasteiger partial charge in [0.05, 0.1) is 25.7 Å². The molecule has 0 heterocycles. The minimum absolute atomic E-state index is 0.0467. The standard InChI is InChI=1S/C12H24O6S2/c1-11(2)10(8-17-19(4,13)14)6-7-12(11,3)9-18-20(5,15)16/h10H,6-9H2,1-5H3. The molecule has 0 N–H and O–H groups in total. The van der Waals surface area contributed by atoms with Crippen LogP contribution in [0.4, 0.5) is 0 Å². The molecule has 1 fully saturated rings. The summed E-state index contributed by atoms with van der Waals surface area (Å²) >= 11 is 0. The lowest BCUT2D eigenvalue weighted by Gasteiger charge is -2.41. The van der Waals surface area contributed by atoms with Crippen molar-refractivity contribution in [2.75, 3.05) is 25.7 Å². The zero-order valence-electron chi connectivity index (χ0n) is 12.7. The molecule has 1 aliphatic carbocycles. The Morgan fingerprint density at radius 1 is 1.00 bits per heavy atom. The summed E-state index contributed by atoms with van der Waals surface area (Å²) < 4.78 is 54.3. The zero-order chi connectivity index (χ0) is 15.8. The molecule has 0 aliphatic heterocycles. The van der Waals surface area contributed by atoms with Gasteiger partial charge in [0.25, 0.3) is 20.2 Å². The van der Waals surface area contributed by atoms with Crippen molar-refractivity contribution in [2.45, 2.75) is 33.6 Å². The molecule has 2 atom stereocenters. The van der Waals surface area contributed by atoms with Crippen LogP contribution < -0.4 is 0 Å². The Balaban J connectivity index is 2.78. The van der Waals surface area contributed by atoms with Crippen molar-refractivity contribution in [3.8, 4) is 0 Å². The van der Waals surface area contributed by atoms with E-state index in [0.29, 0.717) is 0 Å². The predicted molar refractivity (Wildman–Crippen MR) is 76.2 cm³/mol. The summed E-state index contributed by atoms with van der Waals surface area (Å²) in [6.45, 7) is 6.21. The molecule has 0 spiro atoms. The van der Waals surface area contributed by atoms with Gasteiger partial charge in [-0.15, -0.1) is 0 Å². The number of hydrogen-bond acceptors (Lipinski definition) is 6. The molecule has 1 saturated carbocycles. The second kappa shape index (κ2) is 5.55. The monoisotopic (exact) mass is 328 g/mol. The summed E-state index contributed by atoms with van der Waals surface area (Å²) in [6, 6.07) is 0. The topological polar surface area (TPSA) is 86.7 Å². The summed E-state index contributed by atoms with van der Waals surface area (Å²) in [4.78, 5) is 0. The van der Waals surface area contributed by atoms with Gasteiger partial charge in [0.2, 0.25) is 0 Å². The molecule has 120 valence electrons. The van der Waals surface area contributed by atoms with Crippen LogP contribution in [0.25, 0.3) is 0 Å². The fourth-order valence-corrected chi connectivity index (χ4v) is 3.55. The van der Waals surface area contributed by atoms with Gasteiger partial charge in [-0.05, 0) is 29.6 Å². The van der Waals surface area contributed by atoms with Gasteiger partial charge in [0.15, 0.2) is 0 Å². The van der Waals surface area contributed by atoms with Crippen LogP contribution in [-0.2, 0) is 28.6 Å². The van der Waals surface area contributed by atoms with Crippen molar-refractivity contribution >= 4 is 20.2 Å². The molecule has 1 rings (SSSR count). The second-order valence-electron chi connectivity index (χ2n) is 6.47. The van der Waals surface area contributed by atoms with Crippen LogP contribution in [0.2, 0.25) is 0 Å². The normalized spacial score (nSPS) is 30.6. The third-order valence-corrected chi connectivity index (χ3v) is 5.81. The molecule has 1 aliphatic rings. The van der Waals surface area contributed by atoms with Gasteiger partial charge in [-0.3, -0.25) is 8.37 Å². The molecule has 0 saturated heterocycles. The fourth-order valence-electron chi connectivity index (χ4n) is 2.66. The van der Waals surface area contributed by atoms with Crippen LogP contribution in [0.15, 0.2) is 0 Å². The molecule has 20 heavy (non-hydrogen) atoms. The van der Waals surface area contributed by atoms with Gasteiger partial charge in [-0.25, -0.2) is 0 Å². The molecule has 0 bridgehead atoms. The van der Waals surface area contributed by atoms with Crippen LogP contribution >= 0.6 is 0 Å².